The van der Waals surface area contributed by atoms with Gasteiger partial charge in [0.05, 0.1) is 11.1 Å². The highest BCUT2D eigenvalue weighted by Gasteiger charge is 2.23. The summed E-state index contributed by atoms with van der Waals surface area (Å²) < 4.78 is 5.63. The summed E-state index contributed by atoms with van der Waals surface area (Å²) in [6.45, 7) is 6.27. The molecule has 0 bridgehead atoms. The maximum absolute atomic E-state index is 6.23. The molecule has 1 aliphatic heterocycles. The van der Waals surface area contributed by atoms with Crippen molar-refractivity contribution in [3.8, 4) is 5.75 Å². The minimum Gasteiger partial charge on any atom is -0.489 e. The molecule has 1 heterocycles. The van der Waals surface area contributed by atoms with E-state index in [4.69, 9.17) is 16.3 Å². The van der Waals surface area contributed by atoms with E-state index in [1.165, 1.54) is 12.2 Å². The average Bonchev–Trinajstić information content (AvgIpc) is 2.68. The van der Waals surface area contributed by atoms with Crippen molar-refractivity contribution in [2.24, 2.45) is 0 Å². The Morgan fingerprint density at radius 2 is 2.22 bits per heavy atom. The number of anilines is 1. The summed E-state index contributed by atoms with van der Waals surface area (Å²) in [4.78, 5) is 0. The Balaban J connectivity index is 2.04. The van der Waals surface area contributed by atoms with Crippen molar-refractivity contribution in [1.29, 1.82) is 0 Å². The SMILES string of the molecule is CC(C)Oc1ccc(NC2CCSC2C)cc1Cl. The van der Waals surface area contributed by atoms with Crippen molar-refractivity contribution in [2.75, 3.05) is 11.1 Å². The zero-order valence-electron chi connectivity index (χ0n) is 11.1. The van der Waals surface area contributed by atoms with Gasteiger partial charge < -0.3 is 10.1 Å². The van der Waals surface area contributed by atoms with E-state index in [-0.39, 0.29) is 6.10 Å². The second-order valence-electron chi connectivity index (χ2n) is 4.93. The molecule has 1 aromatic rings. The Morgan fingerprint density at radius 3 is 2.78 bits per heavy atom. The lowest BCUT2D eigenvalue weighted by molar-refractivity contribution is 0.242. The molecule has 0 spiro atoms. The van der Waals surface area contributed by atoms with Gasteiger partial charge in [0.2, 0.25) is 0 Å². The van der Waals surface area contributed by atoms with E-state index in [0.29, 0.717) is 16.3 Å². The van der Waals surface area contributed by atoms with Gasteiger partial charge in [-0.3, -0.25) is 0 Å². The van der Waals surface area contributed by atoms with E-state index in [1.54, 1.807) is 0 Å². The monoisotopic (exact) mass is 285 g/mol. The first kappa shape index (κ1) is 13.9. The fraction of sp³-hybridized carbons (Fsp3) is 0.571. The van der Waals surface area contributed by atoms with Crippen molar-refractivity contribution in [1.82, 2.24) is 0 Å². The summed E-state index contributed by atoms with van der Waals surface area (Å²) in [6, 6.07) is 6.48. The van der Waals surface area contributed by atoms with Crippen LogP contribution in [0.15, 0.2) is 18.2 Å². The molecule has 1 aromatic carbocycles. The van der Waals surface area contributed by atoms with Gasteiger partial charge in [-0.1, -0.05) is 18.5 Å². The Kier molecular flexibility index (Phi) is 4.68. The van der Waals surface area contributed by atoms with Crippen LogP contribution in [0.5, 0.6) is 5.75 Å². The van der Waals surface area contributed by atoms with Crippen molar-refractivity contribution in [2.45, 2.75) is 44.6 Å². The van der Waals surface area contributed by atoms with Crippen LogP contribution < -0.4 is 10.1 Å². The molecule has 0 amide bonds. The number of hydrogen-bond donors (Lipinski definition) is 1. The standard InChI is InChI=1S/C14H20ClNOS/c1-9(2)17-14-5-4-11(8-12(14)15)16-13-6-7-18-10(13)3/h4-5,8-10,13,16H,6-7H2,1-3H3. The first-order valence-corrected chi connectivity index (χ1v) is 7.83. The molecule has 1 N–H and O–H groups in total. The van der Waals surface area contributed by atoms with Gasteiger partial charge in [0, 0.05) is 17.0 Å². The zero-order chi connectivity index (χ0) is 13.1. The second-order valence-corrected chi connectivity index (χ2v) is 6.82. The third-order valence-corrected chi connectivity index (χ3v) is 4.64. The highest BCUT2D eigenvalue weighted by Crippen LogP contribution is 2.32. The van der Waals surface area contributed by atoms with E-state index < -0.39 is 0 Å². The molecule has 2 unspecified atom stereocenters. The molecule has 1 saturated heterocycles. The normalized spacial score (nSPS) is 23.4. The van der Waals surface area contributed by atoms with Crippen LogP contribution in [0.2, 0.25) is 5.02 Å². The second kappa shape index (κ2) is 6.07. The smallest absolute Gasteiger partial charge is 0.138 e. The minimum atomic E-state index is 0.146. The number of ether oxygens (including phenoxy) is 1. The third-order valence-electron chi connectivity index (χ3n) is 3.02. The van der Waals surface area contributed by atoms with Gasteiger partial charge in [-0.2, -0.15) is 11.8 Å². The topological polar surface area (TPSA) is 21.3 Å². The molecule has 0 aromatic heterocycles. The summed E-state index contributed by atoms with van der Waals surface area (Å²) in [6.07, 6.45) is 1.36. The van der Waals surface area contributed by atoms with Crippen molar-refractivity contribution in [3.05, 3.63) is 23.2 Å². The maximum atomic E-state index is 6.23. The first-order chi connectivity index (χ1) is 8.56. The molecule has 1 fully saturated rings. The molecule has 0 radical (unpaired) electrons. The molecular formula is C14H20ClNOS. The van der Waals surface area contributed by atoms with Crippen LogP contribution in [0.3, 0.4) is 0 Å². The summed E-state index contributed by atoms with van der Waals surface area (Å²) in [7, 11) is 0. The molecule has 4 heteroatoms. The summed E-state index contributed by atoms with van der Waals surface area (Å²) in [5, 5.41) is 4.89. The highest BCUT2D eigenvalue weighted by atomic mass is 35.5. The molecule has 1 aliphatic rings. The van der Waals surface area contributed by atoms with E-state index in [1.807, 2.05) is 43.8 Å². The number of nitrogens with one attached hydrogen (secondary N) is 1. The Hall–Kier alpha value is -0.540. The van der Waals surface area contributed by atoms with Crippen LogP contribution in [-0.4, -0.2) is 23.1 Å². The summed E-state index contributed by atoms with van der Waals surface area (Å²) in [5.41, 5.74) is 1.08. The lowest BCUT2D eigenvalue weighted by Gasteiger charge is -2.19. The van der Waals surface area contributed by atoms with Crippen LogP contribution in [0.25, 0.3) is 0 Å². The lowest BCUT2D eigenvalue weighted by atomic mass is 10.1. The summed E-state index contributed by atoms with van der Waals surface area (Å²) in [5.74, 6) is 1.99. The predicted octanol–water partition coefficient (Wildman–Crippen LogP) is 4.43. The fourth-order valence-electron chi connectivity index (χ4n) is 2.08. The quantitative estimate of drug-likeness (QED) is 0.884. The van der Waals surface area contributed by atoms with E-state index in [2.05, 4.69) is 12.2 Å². The third kappa shape index (κ3) is 3.48. The van der Waals surface area contributed by atoms with E-state index >= 15 is 0 Å². The van der Waals surface area contributed by atoms with Gasteiger partial charge in [-0.05, 0) is 44.2 Å². The molecular weight excluding hydrogens is 266 g/mol. The van der Waals surface area contributed by atoms with Gasteiger partial charge in [-0.15, -0.1) is 0 Å². The molecule has 0 saturated carbocycles. The zero-order valence-corrected chi connectivity index (χ0v) is 12.6. The van der Waals surface area contributed by atoms with Gasteiger partial charge in [0.1, 0.15) is 5.75 Å². The van der Waals surface area contributed by atoms with E-state index in [0.717, 1.165) is 11.4 Å². The van der Waals surface area contributed by atoms with Gasteiger partial charge in [0.15, 0.2) is 0 Å². The fourth-order valence-corrected chi connectivity index (χ4v) is 3.50. The van der Waals surface area contributed by atoms with Gasteiger partial charge >= 0.3 is 0 Å². The molecule has 100 valence electrons. The van der Waals surface area contributed by atoms with Gasteiger partial charge in [0.25, 0.3) is 0 Å². The maximum Gasteiger partial charge on any atom is 0.138 e. The van der Waals surface area contributed by atoms with Crippen molar-refractivity contribution < 1.29 is 4.74 Å². The van der Waals surface area contributed by atoms with Crippen LogP contribution in [0.4, 0.5) is 5.69 Å². The van der Waals surface area contributed by atoms with Crippen LogP contribution in [0, 0.1) is 0 Å². The molecule has 2 atom stereocenters. The molecule has 2 nitrogen and oxygen atoms in total. The van der Waals surface area contributed by atoms with Crippen molar-refractivity contribution >= 4 is 29.1 Å². The predicted molar refractivity (Wildman–Crippen MR) is 81.2 cm³/mol. The molecule has 2 rings (SSSR count). The Bertz CT molecular complexity index is 411. The first-order valence-electron chi connectivity index (χ1n) is 6.40. The van der Waals surface area contributed by atoms with Crippen LogP contribution in [-0.2, 0) is 0 Å². The van der Waals surface area contributed by atoms with E-state index in [9.17, 15) is 0 Å². The lowest BCUT2D eigenvalue weighted by Crippen LogP contribution is -2.24. The summed E-state index contributed by atoms with van der Waals surface area (Å²) >= 11 is 8.25. The number of benzene rings is 1. The van der Waals surface area contributed by atoms with Crippen molar-refractivity contribution in [3.63, 3.8) is 0 Å². The Labute approximate surface area is 118 Å². The highest BCUT2D eigenvalue weighted by molar-refractivity contribution is 8.00. The number of rotatable bonds is 4. The van der Waals surface area contributed by atoms with Crippen LogP contribution in [0.1, 0.15) is 27.2 Å². The minimum absolute atomic E-state index is 0.146. The molecule has 0 aliphatic carbocycles. The van der Waals surface area contributed by atoms with Gasteiger partial charge in [-0.25, -0.2) is 0 Å². The number of halogens is 1. The number of thioether (sulfide) groups is 1. The molecule has 18 heavy (non-hydrogen) atoms. The Morgan fingerprint density at radius 1 is 1.44 bits per heavy atom. The average molecular weight is 286 g/mol. The number of hydrogen-bond acceptors (Lipinski definition) is 3. The largest absolute Gasteiger partial charge is 0.489 e. The van der Waals surface area contributed by atoms with Crippen LogP contribution >= 0.6 is 23.4 Å².